The van der Waals surface area contributed by atoms with Crippen LogP contribution in [0.4, 0.5) is 0 Å². The van der Waals surface area contributed by atoms with Gasteiger partial charge in [0, 0.05) is 44.7 Å². The molecule has 7 nitrogen and oxygen atoms in total. The first kappa shape index (κ1) is 48.7. The van der Waals surface area contributed by atoms with E-state index in [0.717, 1.165) is 57.0 Å². The maximum absolute atomic E-state index is 14.3. The number of carbonyl (C=O) groups excluding carboxylic acids is 2. The predicted molar refractivity (Wildman–Crippen MR) is 311 cm³/mol. The summed E-state index contributed by atoms with van der Waals surface area (Å²) in [7, 11) is -5.44. The minimum atomic E-state index is -3.88. The maximum Gasteiger partial charge on any atom is 0.345 e. The van der Waals surface area contributed by atoms with E-state index in [-0.39, 0.29) is 9.79 Å². The SMILES string of the molecule is O=C(Oc1ccc([S+]2c3ccccc3[S+]([O-])c3ccc(-c4ccc5c(c4)[S+](c4ccc(OC(=O)c6c(I)ccc(I)c6I)cc4)c4ccccc4S5(=O)=O)cc32)cc1)c1c(I)ccc(I)c1I. The fourth-order valence-electron chi connectivity index (χ4n) is 7.70. The Hall–Kier alpha value is -1.96. The van der Waals surface area contributed by atoms with E-state index >= 15 is 0 Å². The minimum absolute atomic E-state index is 0.233. The summed E-state index contributed by atoms with van der Waals surface area (Å²) in [5, 5.41) is 0. The lowest BCUT2D eigenvalue weighted by molar-refractivity contribution is 0.0722. The van der Waals surface area contributed by atoms with Crippen LogP contribution in [0, 0.1) is 21.4 Å². The van der Waals surface area contributed by atoms with Crippen LogP contribution in [0.5, 0.6) is 11.5 Å². The Morgan fingerprint density at radius 2 is 0.851 bits per heavy atom. The lowest BCUT2D eigenvalue weighted by atomic mass is 10.1. The number of benzene rings is 8. The average molecular weight is 1630 g/mol. The van der Waals surface area contributed by atoms with Crippen LogP contribution in [0.1, 0.15) is 20.7 Å². The number of fused-ring (bicyclic) bond motifs is 4. The number of carbonyl (C=O) groups is 2. The van der Waals surface area contributed by atoms with Gasteiger partial charge < -0.3 is 14.0 Å². The third-order valence-corrected chi connectivity index (χ3v) is 27.2. The largest absolute Gasteiger partial charge is 0.606 e. The smallest absolute Gasteiger partial charge is 0.345 e. The highest BCUT2D eigenvalue weighted by Gasteiger charge is 2.47. The molecule has 0 spiro atoms. The lowest BCUT2D eigenvalue weighted by Gasteiger charge is -2.22. The molecule has 2 aliphatic rings. The summed E-state index contributed by atoms with van der Waals surface area (Å²) in [6.45, 7) is 0. The molecule has 0 aliphatic carbocycles. The van der Waals surface area contributed by atoms with Gasteiger partial charge >= 0.3 is 11.9 Å². The molecule has 3 unspecified atom stereocenters. The van der Waals surface area contributed by atoms with Crippen molar-refractivity contribution in [2.75, 3.05) is 0 Å². The van der Waals surface area contributed by atoms with Crippen LogP contribution < -0.4 is 9.47 Å². The molecule has 0 fully saturated rings. The van der Waals surface area contributed by atoms with E-state index < -0.39 is 54.7 Å². The standard InChI is InChI=1S/C50H26I6O7S4/c51-33-19-21-35(53)47(55)45(33)49(57)62-29-11-15-31(16-12-29)64-37-5-1-2-6-38(37)66(59)39-23-9-27(25-41(39)64)28-10-24-44-42(26-28)65(40-7-3-4-8-43(40)67(44,60)61)32-17-13-30(14-18-32)63-50(58)46-34(52)20-22-36(54)48(46)56/h1-26H/q+2. The van der Waals surface area contributed by atoms with E-state index in [1.165, 1.54) is 0 Å². The van der Waals surface area contributed by atoms with Gasteiger partial charge in [-0.2, -0.15) is 0 Å². The van der Waals surface area contributed by atoms with Crippen molar-refractivity contribution in [3.05, 3.63) is 190 Å². The van der Waals surface area contributed by atoms with Gasteiger partial charge in [0.25, 0.3) is 0 Å². The molecule has 2 heterocycles. The molecule has 0 aromatic heterocycles. The summed E-state index contributed by atoms with van der Waals surface area (Å²) in [5.74, 6) is -0.0947. The predicted octanol–water partition coefficient (Wildman–Crippen LogP) is 14.2. The molecule has 0 radical (unpaired) electrons. The van der Waals surface area contributed by atoms with Crippen molar-refractivity contribution in [2.45, 2.75) is 49.0 Å². The molecule has 67 heavy (non-hydrogen) atoms. The van der Waals surface area contributed by atoms with Gasteiger partial charge in [-0.15, -0.1) is 0 Å². The van der Waals surface area contributed by atoms with Gasteiger partial charge in [0.1, 0.15) is 43.1 Å². The zero-order valence-electron chi connectivity index (χ0n) is 33.8. The van der Waals surface area contributed by atoms with Gasteiger partial charge in [-0.25, -0.2) is 18.0 Å². The molecule has 3 atom stereocenters. The Balaban J connectivity index is 1.02. The van der Waals surface area contributed by atoms with E-state index in [1.807, 2.05) is 109 Å². The third-order valence-electron chi connectivity index (χ3n) is 10.8. The zero-order valence-corrected chi connectivity index (χ0v) is 50.0. The van der Waals surface area contributed by atoms with Gasteiger partial charge in [-0.3, -0.25) is 0 Å². The number of rotatable bonds is 7. The van der Waals surface area contributed by atoms with Crippen LogP contribution >= 0.6 is 136 Å². The second kappa shape index (κ2) is 19.9. The Bertz CT molecular complexity index is 3480. The average Bonchev–Trinajstić information content (AvgIpc) is 3.32. The van der Waals surface area contributed by atoms with E-state index in [0.29, 0.717) is 37.3 Å². The molecule has 10 rings (SSSR count). The number of hydrogen-bond donors (Lipinski definition) is 0. The maximum atomic E-state index is 14.3. The minimum Gasteiger partial charge on any atom is -0.606 e. The van der Waals surface area contributed by atoms with Crippen molar-refractivity contribution in [1.82, 2.24) is 0 Å². The van der Waals surface area contributed by atoms with Gasteiger partial charge in [-0.05, 0) is 262 Å². The van der Waals surface area contributed by atoms with Crippen LogP contribution in [0.3, 0.4) is 0 Å². The molecule has 2 aliphatic heterocycles. The van der Waals surface area contributed by atoms with Gasteiger partial charge in [0.2, 0.25) is 29.4 Å². The van der Waals surface area contributed by atoms with E-state index in [4.69, 9.17) is 9.47 Å². The van der Waals surface area contributed by atoms with Crippen molar-refractivity contribution < 1.29 is 32.0 Å². The van der Waals surface area contributed by atoms with Gasteiger partial charge in [0.15, 0.2) is 19.6 Å². The van der Waals surface area contributed by atoms with E-state index in [9.17, 15) is 22.6 Å². The topological polar surface area (TPSA) is 110 Å². The highest BCUT2D eigenvalue weighted by molar-refractivity contribution is 14.1. The molecule has 0 saturated carbocycles. The molecule has 8 aromatic rings. The van der Waals surface area contributed by atoms with Crippen molar-refractivity contribution in [2.24, 2.45) is 0 Å². The zero-order chi connectivity index (χ0) is 46.9. The highest BCUT2D eigenvalue weighted by Crippen LogP contribution is 2.49. The number of hydrogen-bond acceptors (Lipinski definition) is 7. The Labute approximate surface area is 477 Å². The van der Waals surface area contributed by atoms with Gasteiger partial charge in [-0.1, -0.05) is 30.3 Å². The van der Waals surface area contributed by atoms with Crippen molar-refractivity contribution in [1.29, 1.82) is 0 Å². The number of sulfone groups is 1. The number of ether oxygens (including phenoxy) is 2. The molecule has 0 N–H and O–H groups in total. The summed E-state index contributed by atoms with van der Waals surface area (Å²) < 4.78 is 59.9. The third kappa shape index (κ3) is 9.16. The molecule has 0 bridgehead atoms. The molecule has 0 amide bonds. The van der Waals surface area contributed by atoms with Crippen LogP contribution in [-0.4, -0.2) is 24.9 Å². The lowest BCUT2D eigenvalue weighted by Crippen LogP contribution is -2.21. The molecule has 0 saturated heterocycles. The van der Waals surface area contributed by atoms with Crippen LogP contribution in [0.25, 0.3) is 11.1 Å². The Morgan fingerprint density at radius 1 is 0.433 bits per heavy atom. The summed E-state index contributed by atoms with van der Waals surface area (Å²) in [5.41, 5.74) is 2.68. The van der Waals surface area contributed by atoms with Crippen molar-refractivity contribution in [3.63, 3.8) is 0 Å². The monoisotopic (exact) mass is 1630 g/mol. The summed E-state index contributed by atoms with van der Waals surface area (Å²) in [4.78, 5) is 33.7. The first-order valence-corrected chi connectivity index (χ1v) is 31.3. The van der Waals surface area contributed by atoms with Crippen LogP contribution in [0.15, 0.2) is 207 Å². The fourth-order valence-corrected chi connectivity index (χ4v) is 21.3. The normalized spacial score (nSPS) is 16.5. The number of esters is 2. The second-order valence-electron chi connectivity index (χ2n) is 14.8. The summed E-state index contributed by atoms with van der Waals surface area (Å²) >= 11 is 11.6. The van der Waals surface area contributed by atoms with Crippen molar-refractivity contribution in [3.8, 4) is 22.6 Å². The van der Waals surface area contributed by atoms with Crippen molar-refractivity contribution >= 4 is 190 Å². The molecular formula is C50H26I6O7S4+2. The molecule has 332 valence electrons. The quantitative estimate of drug-likeness (QED) is 0.0514. The number of halogens is 6. The van der Waals surface area contributed by atoms with Gasteiger partial charge in [0.05, 0.1) is 11.1 Å². The van der Waals surface area contributed by atoms with Crippen LogP contribution in [0.2, 0.25) is 0 Å². The van der Waals surface area contributed by atoms with Crippen LogP contribution in [-0.2, 0) is 42.8 Å². The second-order valence-corrected chi connectivity index (χ2v) is 28.8. The first-order valence-electron chi connectivity index (χ1n) is 19.7. The van der Waals surface area contributed by atoms with E-state index in [1.54, 1.807) is 42.5 Å². The first-order chi connectivity index (χ1) is 32.2. The molecule has 17 heteroatoms. The molecular weight excluding hydrogens is 1600 g/mol. The molecule has 8 aromatic carbocycles. The van der Waals surface area contributed by atoms with E-state index in [2.05, 4.69) is 142 Å². The summed E-state index contributed by atoms with van der Waals surface area (Å²) in [6.07, 6.45) is 0. The highest BCUT2D eigenvalue weighted by atomic mass is 127. The fraction of sp³-hybridized carbons (Fsp3) is 0. The summed E-state index contributed by atoms with van der Waals surface area (Å²) in [6, 6.07) is 48.9. The Morgan fingerprint density at radius 3 is 1.40 bits per heavy atom. The Kier molecular flexibility index (Phi) is 14.5.